The summed E-state index contributed by atoms with van der Waals surface area (Å²) in [5, 5.41) is 22.4. The smallest absolute Gasteiger partial charge is 0.269 e. The van der Waals surface area contributed by atoms with E-state index in [1.54, 1.807) is 12.1 Å². The van der Waals surface area contributed by atoms with Crippen molar-refractivity contribution in [3.8, 4) is 6.07 Å². The largest absolute Gasteiger partial charge is 0.321 e. The van der Waals surface area contributed by atoms with Gasteiger partial charge in [0.2, 0.25) is 0 Å². The van der Waals surface area contributed by atoms with Crippen LogP contribution in [0.4, 0.5) is 11.4 Å². The summed E-state index contributed by atoms with van der Waals surface area (Å²) in [6, 6.07) is 14.6. The second-order valence-corrected chi connectivity index (χ2v) is 5.73. The number of hydrogen-bond donors (Lipinski definition) is 1. The van der Waals surface area contributed by atoms with Gasteiger partial charge in [-0.15, -0.1) is 0 Å². The maximum atomic E-state index is 12.1. The van der Waals surface area contributed by atoms with Crippen LogP contribution in [-0.2, 0) is 4.79 Å². The van der Waals surface area contributed by atoms with Gasteiger partial charge in [0.05, 0.1) is 4.92 Å². The fourth-order valence-electron chi connectivity index (χ4n) is 1.74. The number of nitro groups is 1. The molecule has 1 amide bonds. The molecule has 0 unspecified atom stereocenters. The summed E-state index contributed by atoms with van der Waals surface area (Å²) in [5.41, 5.74) is 0.978. The molecule has 0 fully saturated rings. The van der Waals surface area contributed by atoms with Crippen LogP contribution in [-0.4, -0.2) is 10.8 Å². The van der Waals surface area contributed by atoms with Crippen LogP contribution >= 0.6 is 22.6 Å². The lowest BCUT2D eigenvalue weighted by Gasteiger charge is -2.04. The maximum absolute atomic E-state index is 12.1. The number of halogens is 1. The molecule has 0 aliphatic rings. The summed E-state index contributed by atoms with van der Waals surface area (Å²) in [4.78, 5) is 22.2. The Hall–Kier alpha value is -2.73. The maximum Gasteiger partial charge on any atom is 0.269 e. The zero-order valence-corrected chi connectivity index (χ0v) is 13.9. The summed E-state index contributed by atoms with van der Waals surface area (Å²) in [5.74, 6) is -0.535. The Morgan fingerprint density at radius 1 is 1.17 bits per heavy atom. The highest BCUT2D eigenvalue weighted by molar-refractivity contribution is 14.1. The summed E-state index contributed by atoms with van der Waals surface area (Å²) < 4.78 is 1.03. The molecule has 114 valence electrons. The minimum Gasteiger partial charge on any atom is -0.321 e. The highest BCUT2D eigenvalue weighted by Crippen LogP contribution is 2.16. The van der Waals surface area contributed by atoms with Crippen LogP contribution in [0.5, 0.6) is 0 Å². The van der Waals surface area contributed by atoms with Crippen molar-refractivity contribution in [1.82, 2.24) is 0 Å². The molecule has 0 aliphatic heterocycles. The summed E-state index contributed by atoms with van der Waals surface area (Å²) in [7, 11) is 0. The zero-order chi connectivity index (χ0) is 16.8. The van der Waals surface area contributed by atoms with E-state index in [4.69, 9.17) is 5.26 Å². The van der Waals surface area contributed by atoms with Gasteiger partial charge in [-0.2, -0.15) is 5.26 Å². The Morgan fingerprint density at radius 3 is 2.30 bits per heavy atom. The van der Waals surface area contributed by atoms with Crippen LogP contribution in [0.2, 0.25) is 0 Å². The molecular formula is C16H10IN3O3. The number of amides is 1. The third-order valence-corrected chi connectivity index (χ3v) is 3.60. The van der Waals surface area contributed by atoms with E-state index in [0.29, 0.717) is 11.3 Å². The third kappa shape index (κ3) is 4.62. The van der Waals surface area contributed by atoms with Gasteiger partial charge in [0, 0.05) is 21.4 Å². The molecule has 2 aromatic rings. The van der Waals surface area contributed by atoms with Crippen LogP contribution in [0.25, 0.3) is 6.08 Å². The van der Waals surface area contributed by atoms with Crippen molar-refractivity contribution >= 4 is 45.9 Å². The van der Waals surface area contributed by atoms with Crippen molar-refractivity contribution in [1.29, 1.82) is 5.26 Å². The van der Waals surface area contributed by atoms with Crippen LogP contribution in [0, 0.1) is 25.0 Å². The topological polar surface area (TPSA) is 96.0 Å². The Balaban J connectivity index is 2.17. The van der Waals surface area contributed by atoms with Crippen molar-refractivity contribution in [2.24, 2.45) is 0 Å². The monoisotopic (exact) mass is 419 g/mol. The molecule has 0 radical (unpaired) electrons. The minimum absolute atomic E-state index is 0.0519. The lowest BCUT2D eigenvalue weighted by molar-refractivity contribution is -0.384. The first-order chi connectivity index (χ1) is 11.0. The Labute approximate surface area is 145 Å². The lowest BCUT2D eigenvalue weighted by atomic mass is 10.1. The molecule has 0 heterocycles. The first kappa shape index (κ1) is 16.6. The van der Waals surface area contributed by atoms with E-state index >= 15 is 0 Å². The van der Waals surface area contributed by atoms with Crippen molar-refractivity contribution in [2.75, 3.05) is 5.32 Å². The number of carbonyl (C=O) groups excluding carboxylic acids is 1. The van der Waals surface area contributed by atoms with Crippen molar-refractivity contribution in [3.05, 3.63) is 73.4 Å². The molecule has 2 rings (SSSR count). The van der Waals surface area contributed by atoms with Gasteiger partial charge >= 0.3 is 0 Å². The summed E-state index contributed by atoms with van der Waals surface area (Å²) >= 11 is 2.15. The van der Waals surface area contributed by atoms with E-state index in [1.807, 2.05) is 18.2 Å². The number of non-ortho nitro benzene ring substituents is 1. The van der Waals surface area contributed by atoms with E-state index in [0.717, 1.165) is 3.57 Å². The number of hydrogen-bond acceptors (Lipinski definition) is 4. The van der Waals surface area contributed by atoms with Gasteiger partial charge in [0.25, 0.3) is 11.6 Å². The van der Waals surface area contributed by atoms with Gasteiger partial charge in [-0.25, -0.2) is 0 Å². The van der Waals surface area contributed by atoms with Crippen LogP contribution < -0.4 is 5.32 Å². The second kappa shape index (κ2) is 7.51. The van der Waals surface area contributed by atoms with E-state index < -0.39 is 10.8 Å². The normalized spacial score (nSPS) is 10.7. The van der Waals surface area contributed by atoms with Gasteiger partial charge in [-0.05, 0) is 70.6 Å². The molecule has 23 heavy (non-hydrogen) atoms. The molecule has 2 aromatic carbocycles. The van der Waals surface area contributed by atoms with Crippen molar-refractivity contribution in [2.45, 2.75) is 0 Å². The Kier molecular flexibility index (Phi) is 5.43. The Bertz CT molecular complexity index is 806. The fourth-order valence-corrected chi connectivity index (χ4v) is 2.10. The van der Waals surface area contributed by atoms with Crippen LogP contribution in [0.15, 0.2) is 54.1 Å². The Morgan fingerprint density at radius 2 is 1.78 bits per heavy atom. The van der Waals surface area contributed by atoms with Gasteiger partial charge in [-0.3, -0.25) is 14.9 Å². The average molecular weight is 419 g/mol. The van der Waals surface area contributed by atoms with Gasteiger partial charge in [-0.1, -0.05) is 0 Å². The van der Waals surface area contributed by atoms with E-state index in [9.17, 15) is 14.9 Å². The number of nitrogens with zero attached hydrogens (tertiary/aromatic N) is 2. The zero-order valence-electron chi connectivity index (χ0n) is 11.7. The van der Waals surface area contributed by atoms with E-state index in [-0.39, 0.29) is 11.3 Å². The summed E-state index contributed by atoms with van der Waals surface area (Å²) in [6.07, 6.45) is 1.38. The van der Waals surface area contributed by atoms with Crippen LogP contribution in [0.3, 0.4) is 0 Å². The molecule has 6 nitrogen and oxygen atoms in total. The fraction of sp³-hybridized carbons (Fsp3) is 0. The molecule has 0 aromatic heterocycles. The molecule has 0 atom stereocenters. The number of rotatable bonds is 4. The third-order valence-electron chi connectivity index (χ3n) is 2.88. The lowest BCUT2D eigenvalue weighted by Crippen LogP contribution is -2.13. The molecule has 7 heteroatoms. The number of anilines is 1. The van der Waals surface area contributed by atoms with Crippen molar-refractivity contribution < 1.29 is 9.72 Å². The molecule has 0 spiro atoms. The number of nitriles is 1. The highest BCUT2D eigenvalue weighted by Gasteiger charge is 2.10. The minimum atomic E-state index is -0.535. The number of nitro benzene ring substituents is 1. The molecular weight excluding hydrogens is 409 g/mol. The van der Waals surface area contributed by atoms with Gasteiger partial charge in [0.15, 0.2) is 0 Å². The quantitative estimate of drug-likeness (QED) is 0.269. The highest BCUT2D eigenvalue weighted by atomic mass is 127. The average Bonchev–Trinajstić information content (AvgIpc) is 2.55. The first-order valence-corrected chi connectivity index (χ1v) is 7.50. The van der Waals surface area contributed by atoms with E-state index in [2.05, 4.69) is 27.9 Å². The summed E-state index contributed by atoms with van der Waals surface area (Å²) in [6.45, 7) is 0. The molecule has 1 N–H and O–H groups in total. The standard InChI is InChI=1S/C16H10IN3O3/c17-13-3-5-14(6-4-13)19-16(21)12(10-18)9-11-1-7-15(8-2-11)20(22)23/h1-9H,(H,19,21)/b12-9-. The number of benzene rings is 2. The van der Waals surface area contributed by atoms with Crippen molar-refractivity contribution in [3.63, 3.8) is 0 Å². The number of carbonyl (C=O) groups is 1. The predicted molar refractivity (Wildman–Crippen MR) is 94.5 cm³/mol. The SMILES string of the molecule is N#C/C(=C/c1ccc([N+](=O)[O-])cc1)C(=O)Nc1ccc(I)cc1. The second-order valence-electron chi connectivity index (χ2n) is 4.48. The van der Waals surface area contributed by atoms with Crippen LogP contribution in [0.1, 0.15) is 5.56 Å². The number of nitrogens with one attached hydrogen (secondary N) is 1. The van der Waals surface area contributed by atoms with Gasteiger partial charge < -0.3 is 5.32 Å². The molecule has 0 bridgehead atoms. The molecule has 0 aliphatic carbocycles. The first-order valence-electron chi connectivity index (χ1n) is 6.43. The van der Waals surface area contributed by atoms with Gasteiger partial charge in [0.1, 0.15) is 11.6 Å². The van der Waals surface area contributed by atoms with E-state index in [1.165, 1.54) is 30.3 Å². The predicted octanol–water partition coefficient (Wildman–Crippen LogP) is 3.75. The molecule has 0 saturated carbocycles. The molecule has 0 saturated heterocycles.